The van der Waals surface area contributed by atoms with Crippen molar-refractivity contribution in [1.29, 1.82) is 0 Å². The fourth-order valence-corrected chi connectivity index (χ4v) is 6.05. The van der Waals surface area contributed by atoms with E-state index < -0.39 is 6.10 Å². The zero-order valence-corrected chi connectivity index (χ0v) is 26.0. The van der Waals surface area contributed by atoms with Crippen LogP contribution in [0.2, 0.25) is 0 Å². The summed E-state index contributed by atoms with van der Waals surface area (Å²) in [5.41, 5.74) is 3.67. The van der Waals surface area contributed by atoms with E-state index in [-0.39, 0.29) is 18.5 Å². The number of oxazole rings is 1. The molecule has 2 aliphatic heterocycles. The first-order valence-electron chi connectivity index (χ1n) is 15.9. The number of hydrogen-bond donors (Lipinski definition) is 4. The Hall–Kier alpha value is -3.67. The Kier molecular flexibility index (Phi) is 9.34. The standard InChI is InChI=1S/C33H45N7O4/c1-21(2)39-9-11-40(12-10-39)32-16-24(15-31(38-32)37-26-5-4-6-26)33(42)35-18-29(41)28-14-23-7-8-27(13-25(23)17-34-28)43-19-30-22(3)36-20-44-30/h7-8,13,15-16,20-21,26,28-29,34,41H,4-6,9-12,14,17-19H2,1-3H3,(H,35,42)(H,37,38)/t28-,29+/m0/s1. The second-order valence-electron chi connectivity index (χ2n) is 12.5. The first kappa shape index (κ1) is 30.4. The molecule has 0 radical (unpaired) electrons. The highest BCUT2D eigenvalue weighted by atomic mass is 16.5. The molecule has 236 valence electrons. The second-order valence-corrected chi connectivity index (χ2v) is 12.5. The van der Waals surface area contributed by atoms with Crippen molar-refractivity contribution in [2.45, 2.75) is 83.8 Å². The number of carbonyl (C=O) groups excluding carboxylic acids is 1. The molecule has 2 atom stereocenters. The van der Waals surface area contributed by atoms with Crippen molar-refractivity contribution >= 4 is 17.5 Å². The fourth-order valence-electron chi connectivity index (χ4n) is 6.05. The van der Waals surface area contributed by atoms with Gasteiger partial charge in [0.2, 0.25) is 0 Å². The average molecular weight is 604 g/mol. The Morgan fingerprint density at radius 3 is 2.68 bits per heavy atom. The van der Waals surface area contributed by atoms with Gasteiger partial charge in [-0.2, -0.15) is 0 Å². The van der Waals surface area contributed by atoms with Crippen LogP contribution in [0.4, 0.5) is 11.6 Å². The van der Waals surface area contributed by atoms with Crippen LogP contribution in [-0.4, -0.2) is 82.8 Å². The summed E-state index contributed by atoms with van der Waals surface area (Å²) in [5.74, 6) is 2.84. The van der Waals surface area contributed by atoms with Crippen molar-refractivity contribution in [2.75, 3.05) is 42.9 Å². The Bertz CT molecular complexity index is 1430. The number of ether oxygens (including phenoxy) is 1. The van der Waals surface area contributed by atoms with E-state index in [1.54, 1.807) is 0 Å². The molecule has 3 aliphatic rings. The number of aromatic nitrogens is 2. The van der Waals surface area contributed by atoms with Crippen molar-refractivity contribution in [2.24, 2.45) is 0 Å². The highest BCUT2D eigenvalue weighted by molar-refractivity contribution is 5.95. The molecule has 6 rings (SSSR count). The Morgan fingerprint density at radius 2 is 1.98 bits per heavy atom. The summed E-state index contributed by atoms with van der Waals surface area (Å²) in [4.78, 5) is 27.1. The van der Waals surface area contributed by atoms with E-state index in [9.17, 15) is 9.90 Å². The molecule has 2 fully saturated rings. The number of rotatable bonds is 11. The predicted molar refractivity (Wildman–Crippen MR) is 169 cm³/mol. The molecular weight excluding hydrogens is 558 g/mol. The summed E-state index contributed by atoms with van der Waals surface area (Å²) in [6.07, 6.45) is 4.81. The maximum Gasteiger partial charge on any atom is 0.251 e. The van der Waals surface area contributed by atoms with Crippen LogP contribution in [-0.2, 0) is 19.6 Å². The lowest BCUT2D eigenvalue weighted by molar-refractivity contribution is 0.0870. The molecule has 4 N–H and O–H groups in total. The number of hydrogen-bond acceptors (Lipinski definition) is 10. The van der Waals surface area contributed by atoms with Gasteiger partial charge in [-0.1, -0.05) is 6.07 Å². The molecule has 1 saturated heterocycles. The summed E-state index contributed by atoms with van der Waals surface area (Å²) in [7, 11) is 0. The Labute approximate surface area is 259 Å². The lowest BCUT2D eigenvalue weighted by Crippen LogP contribution is -2.49. The molecule has 1 aliphatic carbocycles. The van der Waals surface area contributed by atoms with E-state index in [0.717, 1.165) is 73.2 Å². The summed E-state index contributed by atoms with van der Waals surface area (Å²) < 4.78 is 11.3. The number of piperazine rings is 1. The van der Waals surface area contributed by atoms with Crippen LogP contribution in [0.3, 0.4) is 0 Å². The van der Waals surface area contributed by atoms with Crippen LogP contribution < -0.4 is 25.6 Å². The molecular formula is C33H45N7O4. The third kappa shape index (κ3) is 7.17. The van der Waals surface area contributed by atoms with Crippen molar-refractivity contribution < 1.29 is 19.1 Å². The first-order valence-corrected chi connectivity index (χ1v) is 15.9. The topological polar surface area (TPSA) is 128 Å². The molecule has 44 heavy (non-hydrogen) atoms. The third-order valence-electron chi connectivity index (χ3n) is 9.22. The van der Waals surface area contributed by atoms with Crippen LogP contribution in [0.25, 0.3) is 0 Å². The molecule has 3 aromatic rings. The largest absolute Gasteiger partial charge is 0.486 e. The first-order chi connectivity index (χ1) is 21.3. The number of nitrogens with one attached hydrogen (secondary N) is 3. The van der Waals surface area contributed by atoms with Gasteiger partial charge in [-0.15, -0.1) is 0 Å². The number of fused-ring (bicyclic) bond motifs is 1. The lowest BCUT2D eigenvalue weighted by Gasteiger charge is -2.38. The van der Waals surface area contributed by atoms with Crippen molar-refractivity contribution in [1.82, 2.24) is 25.5 Å². The number of carbonyl (C=O) groups is 1. The van der Waals surface area contributed by atoms with Gasteiger partial charge in [-0.3, -0.25) is 9.69 Å². The minimum absolute atomic E-state index is 0.152. The van der Waals surface area contributed by atoms with Crippen molar-refractivity contribution in [3.8, 4) is 5.75 Å². The Morgan fingerprint density at radius 1 is 1.16 bits per heavy atom. The van der Waals surface area contributed by atoms with E-state index in [2.05, 4.69) is 44.6 Å². The predicted octanol–water partition coefficient (Wildman–Crippen LogP) is 3.26. The van der Waals surface area contributed by atoms with E-state index in [4.69, 9.17) is 14.1 Å². The van der Waals surface area contributed by atoms with Gasteiger partial charge < -0.3 is 35.1 Å². The fraction of sp³-hybridized carbons (Fsp3) is 0.545. The van der Waals surface area contributed by atoms with Gasteiger partial charge in [0.05, 0.1) is 11.8 Å². The van der Waals surface area contributed by atoms with Crippen LogP contribution in [0.1, 0.15) is 66.0 Å². The maximum absolute atomic E-state index is 13.4. The molecule has 0 bridgehead atoms. The van der Waals surface area contributed by atoms with Crippen LogP contribution in [0, 0.1) is 6.92 Å². The molecule has 11 nitrogen and oxygen atoms in total. The molecule has 11 heteroatoms. The minimum Gasteiger partial charge on any atom is -0.486 e. The van der Waals surface area contributed by atoms with Gasteiger partial charge in [0.25, 0.3) is 5.91 Å². The average Bonchev–Trinajstić information content (AvgIpc) is 3.44. The van der Waals surface area contributed by atoms with E-state index in [0.29, 0.717) is 43.0 Å². The SMILES string of the molecule is Cc1ncoc1COc1ccc2c(c1)CN[C@H]([C@H](O)CNC(=O)c1cc(NC3CCC3)nc(N3CCN(C(C)C)CC3)c1)C2. The van der Waals surface area contributed by atoms with E-state index in [1.165, 1.54) is 12.8 Å². The van der Waals surface area contributed by atoms with E-state index >= 15 is 0 Å². The minimum atomic E-state index is -0.740. The van der Waals surface area contributed by atoms with Crippen LogP contribution in [0.5, 0.6) is 5.75 Å². The summed E-state index contributed by atoms with van der Waals surface area (Å²) in [6.45, 7) is 11.1. The number of amides is 1. The summed E-state index contributed by atoms with van der Waals surface area (Å²) in [5, 5.41) is 21.0. The number of pyridine rings is 1. The highest BCUT2D eigenvalue weighted by Gasteiger charge is 2.27. The van der Waals surface area contributed by atoms with Crippen LogP contribution >= 0.6 is 0 Å². The highest BCUT2D eigenvalue weighted by Crippen LogP contribution is 2.27. The molecule has 1 saturated carbocycles. The number of aryl methyl sites for hydroxylation is 1. The van der Waals surface area contributed by atoms with Crippen molar-refractivity contribution in [3.63, 3.8) is 0 Å². The smallest absolute Gasteiger partial charge is 0.251 e. The Balaban J connectivity index is 1.05. The number of nitrogens with zero attached hydrogens (tertiary/aromatic N) is 4. The third-order valence-corrected chi connectivity index (χ3v) is 9.22. The van der Waals surface area contributed by atoms with Crippen LogP contribution in [0.15, 0.2) is 41.1 Å². The number of aliphatic hydroxyl groups is 1. The molecule has 4 heterocycles. The van der Waals surface area contributed by atoms with Gasteiger partial charge in [-0.05, 0) is 81.8 Å². The quantitative estimate of drug-likeness (QED) is 0.259. The van der Waals surface area contributed by atoms with E-state index in [1.807, 2.05) is 37.3 Å². The zero-order chi connectivity index (χ0) is 30.6. The number of aliphatic hydroxyl groups excluding tert-OH is 1. The summed E-state index contributed by atoms with van der Waals surface area (Å²) >= 11 is 0. The zero-order valence-electron chi connectivity index (χ0n) is 26.0. The lowest BCUT2D eigenvalue weighted by atomic mass is 9.92. The molecule has 0 unspecified atom stereocenters. The monoisotopic (exact) mass is 603 g/mol. The second kappa shape index (κ2) is 13.5. The molecule has 1 amide bonds. The number of benzene rings is 1. The summed E-state index contributed by atoms with van der Waals surface area (Å²) in [6, 6.07) is 10.5. The van der Waals surface area contributed by atoms with Gasteiger partial charge in [0, 0.05) is 63.0 Å². The normalized spacial score (nSPS) is 19.8. The molecule has 1 aromatic carbocycles. The number of anilines is 2. The molecule has 2 aromatic heterocycles. The van der Waals surface area contributed by atoms with Gasteiger partial charge in [0.1, 0.15) is 24.0 Å². The molecule has 0 spiro atoms. The maximum atomic E-state index is 13.4. The van der Waals surface area contributed by atoms with Crippen molar-refractivity contribution in [3.05, 3.63) is 64.9 Å². The van der Waals surface area contributed by atoms with Gasteiger partial charge in [0.15, 0.2) is 12.2 Å². The van der Waals surface area contributed by atoms with Gasteiger partial charge >= 0.3 is 0 Å². The van der Waals surface area contributed by atoms with Gasteiger partial charge in [-0.25, -0.2) is 9.97 Å².